The van der Waals surface area contributed by atoms with Crippen LogP contribution in [-0.2, 0) is 0 Å². The maximum absolute atomic E-state index is 13.6. The molecule has 7 heteroatoms. The zero-order chi connectivity index (χ0) is 19.8. The summed E-state index contributed by atoms with van der Waals surface area (Å²) in [6.45, 7) is 7.42. The van der Waals surface area contributed by atoms with Gasteiger partial charge in [-0.2, -0.15) is 0 Å². The first-order chi connectivity index (χ1) is 13.0. The number of carbonyl (C=O) groups excluding carboxylic acids is 1. The second-order valence-corrected chi connectivity index (χ2v) is 6.68. The van der Waals surface area contributed by atoms with E-state index >= 15 is 0 Å². The highest BCUT2D eigenvalue weighted by Crippen LogP contribution is 2.30. The summed E-state index contributed by atoms with van der Waals surface area (Å²) in [6, 6.07) is 9.37. The van der Waals surface area contributed by atoms with E-state index in [1.54, 1.807) is 31.4 Å². The highest BCUT2D eigenvalue weighted by Gasteiger charge is 2.12. The van der Waals surface area contributed by atoms with Gasteiger partial charge in [-0.25, -0.2) is 4.39 Å². The Labute approximate surface area is 167 Å². The van der Waals surface area contributed by atoms with Crippen LogP contribution in [0.1, 0.15) is 24.2 Å². The summed E-state index contributed by atoms with van der Waals surface area (Å²) in [6.07, 6.45) is 0. The molecule has 0 unspecified atom stereocenters. The van der Waals surface area contributed by atoms with Gasteiger partial charge in [0.25, 0.3) is 5.91 Å². The molecule has 0 radical (unpaired) electrons. The maximum atomic E-state index is 13.6. The number of nitrogens with zero attached hydrogens (tertiary/aromatic N) is 1. The minimum Gasteiger partial charge on any atom is -0.493 e. The first-order valence-electron chi connectivity index (χ1n) is 8.78. The third-order valence-electron chi connectivity index (χ3n) is 4.16. The minimum atomic E-state index is -0.488. The number of benzene rings is 2. The van der Waals surface area contributed by atoms with Gasteiger partial charge in [-0.05, 0) is 59.4 Å². The van der Waals surface area contributed by atoms with Gasteiger partial charge in [0.15, 0.2) is 11.5 Å². The molecule has 0 saturated heterocycles. The molecule has 0 aliphatic carbocycles. The van der Waals surface area contributed by atoms with Crippen molar-refractivity contribution in [2.24, 2.45) is 0 Å². The second kappa shape index (κ2) is 10.3. The summed E-state index contributed by atoms with van der Waals surface area (Å²) in [5, 5.41) is 2.75. The SMILES string of the molecule is CCN(CC)CCOc1cc(NC(=O)c2ccc(Br)c(F)c2)ccc1OC. The van der Waals surface area contributed by atoms with Crippen LogP contribution in [0.4, 0.5) is 10.1 Å². The van der Waals surface area contributed by atoms with E-state index in [1.807, 2.05) is 0 Å². The Morgan fingerprint density at radius 2 is 1.89 bits per heavy atom. The number of likely N-dealkylation sites (N-methyl/N-ethyl adjacent to an activating group) is 1. The minimum absolute atomic E-state index is 0.232. The molecule has 2 aromatic carbocycles. The number of halogens is 2. The molecule has 1 amide bonds. The van der Waals surface area contributed by atoms with Crippen molar-refractivity contribution >= 4 is 27.5 Å². The first-order valence-corrected chi connectivity index (χ1v) is 9.57. The van der Waals surface area contributed by atoms with E-state index in [2.05, 4.69) is 40.0 Å². The molecule has 0 aromatic heterocycles. The first kappa shape index (κ1) is 21.2. The number of hydrogen-bond donors (Lipinski definition) is 1. The van der Waals surface area contributed by atoms with Crippen molar-refractivity contribution in [1.29, 1.82) is 0 Å². The van der Waals surface area contributed by atoms with Crippen molar-refractivity contribution in [3.8, 4) is 11.5 Å². The van der Waals surface area contributed by atoms with Crippen LogP contribution < -0.4 is 14.8 Å². The number of ether oxygens (including phenoxy) is 2. The van der Waals surface area contributed by atoms with E-state index in [4.69, 9.17) is 9.47 Å². The Bertz CT molecular complexity index is 782. The normalized spacial score (nSPS) is 10.7. The van der Waals surface area contributed by atoms with Crippen LogP contribution in [0.3, 0.4) is 0 Å². The van der Waals surface area contributed by atoms with Gasteiger partial charge >= 0.3 is 0 Å². The highest BCUT2D eigenvalue weighted by atomic mass is 79.9. The van der Waals surface area contributed by atoms with E-state index in [9.17, 15) is 9.18 Å². The summed E-state index contributed by atoms with van der Waals surface area (Å²) in [7, 11) is 1.56. The fourth-order valence-corrected chi connectivity index (χ4v) is 2.78. The number of hydrogen-bond acceptors (Lipinski definition) is 4. The van der Waals surface area contributed by atoms with Crippen molar-refractivity contribution < 1.29 is 18.7 Å². The lowest BCUT2D eigenvalue weighted by atomic mass is 10.2. The van der Waals surface area contributed by atoms with Crippen molar-refractivity contribution in [1.82, 2.24) is 4.90 Å². The molecule has 0 heterocycles. The van der Waals surface area contributed by atoms with Crippen LogP contribution in [0.25, 0.3) is 0 Å². The molecule has 0 spiro atoms. The molecular formula is C20H24BrFN2O3. The predicted molar refractivity (Wildman–Crippen MR) is 108 cm³/mol. The summed E-state index contributed by atoms with van der Waals surface area (Å²) >= 11 is 3.07. The molecule has 0 aliphatic heterocycles. The van der Waals surface area contributed by atoms with Crippen LogP contribution >= 0.6 is 15.9 Å². The van der Waals surface area contributed by atoms with Gasteiger partial charge in [-0.15, -0.1) is 0 Å². The Kier molecular flexibility index (Phi) is 8.06. The summed E-state index contributed by atoms with van der Waals surface area (Å²) in [5.74, 6) is 0.241. The zero-order valence-electron chi connectivity index (χ0n) is 15.7. The van der Waals surface area contributed by atoms with Crippen molar-refractivity contribution in [3.05, 3.63) is 52.3 Å². The maximum Gasteiger partial charge on any atom is 0.255 e. The zero-order valence-corrected chi connectivity index (χ0v) is 17.3. The lowest BCUT2D eigenvalue weighted by Crippen LogP contribution is -2.28. The monoisotopic (exact) mass is 438 g/mol. The van der Waals surface area contributed by atoms with Crippen molar-refractivity contribution in [2.45, 2.75) is 13.8 Å². The number of carbonyl (C=O) groups is 1. The fraction of sp³-hybridized carbons (Fsp3) is 0.350. The third kappa shape index (κ3) is 5.94. The van der Waals surface area contributed by atoms with Crippen LogP contribution in [0.5, 0.6) is 11.5 Å². The van der Waals surface area contributed by atoms with Gasteiger partial charge in [-0.3, -0.25) is 4.79 Å². The number of anilines is 1. The molecular weight excluding hydrogens is 415 g/mol. The lowest BCUT2D eigenvalue weighted by Gasteiger charge is -2.19. The van der Waals surface area contributed by atoms with Gasteiger partial charge in [0.1, 0.15) is 12.4 Å². The number of nitrogens with one attached hydrogen (secondary N) is 1. The lowest BCUT2D eigenvalue weighted by molar-refractivity contribution is 0.102. The van der Waals surface area contributed by atoms with E-state index < -0.39 is 11.7 Å². The summed E-state index contributed by atoms with van der Waals surface area (Å²) in [4.78, 5) is 14.6. The van der Waals surface area contributed by atoms with Crippen molar-refractivity contribution in [3.63, 3.8) is 0 Å². The van der Waals surface area contributed by atoms with Gasteiger partial charge in [0.2, 0.25) is 0 Å². The van der Waals surface area contributed by atoms with Gasteiger partial charge in [0.05, 0.1) is 11.6 Å². The Morgan fingerprint density at radius 3 is 2.52 bits per heavy atom. The summed E-state index contributed by atoms with van der Waals surface area (Å²) < 4.78 is 25.1. The topological polar surface area (TPSA) is 50.8 Å². The molecule has 0 bridgehead atoms. The van der Waals surface area contributed by atoms with E-state index in [-0.39, 0.29) is 5.56 Å². The molecule has 27 heavy (non-hydrogen) atoms. The predicted octanol–water partition coefficient (Wildman–Crippen LogP) is 4.57. The van der Waals surface area contributed by atoms with Gasteiger partial charge < -0.3 is 19.7 Å². The molecule has 146 valence electrons. The highest BCUT2D eigenvalue weighted by molar-refractivity contribution is 9.10. The molecule has 5 nitrogen and oxygen atoms in total. The largest absolute Gasteiger partial charge is 0.493 e. The molecule has 1 N–H and O–H groups in total. The quantitative estimate of drug-likeness (QED) is 0.622. The molecule has 0 saturated carbocycles. The standard InChI is InChI=1S/C20H24BrFN2O3/c1-4-24(5-2)10-11-27-19-13-15(7-9-18(19)26-3)23-20(25)14-6-8-16(21)17(22)12-14/h6-9,12-13H,4-5,10-11H2,1-3H3,(H,23,25). The van der Waals surface area contributed by atoms with Crippen molar-refractivity contribution in [2.75, 3.05) is 38.7 Å². The molecule has 2 aromatic rings. The van der Waals surface area contributed by atoms with E-state index in [0.29, 0.717) is 28.3 Å². The van der Waals surface area contributed by atoms with Crippen LogP contribution in [0.2, 0.25) is 0 Å². The second-order valence-electron chi connectivity index (χ2n) is 5.82. The van der Waals surface area contributed by atoms with Gasteiger partial charge in [-0.1, -0.05) is 13.8 Å². The van der Waals surface area contributed by atoms with Gasteiger partial charge in [0, 0.05) is 23.9 Å². The number of rotatable bonds is 9. The number of amides is 1. The third-order valence-corrected chi connectivity index (χ3v) is 4.81. The van der Waals surface area contributed by atoms with E-state index in [1.165, 1.54) is 12.1 Å². The van der Waals surface area contributed by atoms with Crippen LogP contribution in [0.15, 0.2) is 40.9 Å². The number of methoxy groups -OCH3 is 1. The fourth-order valence-electron chi connectivity index (χ4n) is 2.53. The average molecular weight is 439 g/mol. The Balaban J connectivity index is 2.08. The van der Waals surface area contributed by atoms with Crippen LogP contribution in [-0.4, -0.2) is 44.2 Å². The van der Waals surface area contributed by atoms with E-state index in [0.717, 1.165) is 19.6 Å². The van der Waals surface area contributed by atoms with Crippen LogP contribution in [0, 0.1) is 5.82 Å². The summed E-state index contributed by atoms with van der Waals surface area (Å²) in [5.41, 5.74) is 0.775. The molecule has 0 aliphatic rings. The molecule has 2 rings (SSSR count). The average Bonchev–Trinajstić information content (AvgIpc) is 2.67. The smallest absolute Gasteiger partial charge is 0.255 e. The Hall–Kier alpha value is -2.12. The molecule has 0 atom stereocenters. The molecule has 0 fully saturated rings. The Morgan fingerprint density at radius 1 is 1.15 bits per heavy atom.